The lowest BCUT2D eigenvalue weighted by Gasteiger charge is -2.33. The standard InChI is InChI=1S/C18H26N2O/c1-19(17-7-3-2-4-8-17)13-11-18(21)20-12-5-6-16(14-20)15-9-10-15/h2-4,7-8,15-16H,5-6,9-14H2,1H3. The molecule has 1 aromatic carbocycles. The van der Waals surface area contributed by atoms with Crippen molar-refractivity contribution in [2.75, 3.05) is 31.6 Å². The zero-order chi connectivity index (χ0) is 14.7. The highest BCUT2D eigenvalue weighted by Crippen LogP contribution is 2.40. The second-order valence-corrected chi connectivity index (χ2v) is 6.59. The fraction of sp³-hybridized carbons (Fsp3) is 0.611. The van der Waals surface area contributed by atoms with Crippen LogP contribution in [0.5, 0.6) is 0 Å². The van der Waals surface area contributed by atoms with Gasteiger partial charge in [0.05, 0.1) is 0 Å². The Hall–Kier alpha value is -1.51. The van der Waals surface area contributed by atoms with Crippen molar-refractivity contribution in [1.82, 2.24) is 4.90 Å². The summed E-state index contributed by atoms with van der Waals surface area (Å²) in [5, 5.41) is 0. The number of carbonyl (C=O) groups excluding carboxylic acids is 1. The van der Waals surface area contributed by atoms with E-state index in [4.69, 9.17) is 0 Å². The molecule has 1 saturated heterocycles. The van der Waals surface area contributed by atoms with Crippen LogP contribution in [0.4, 0.5) is 5.69 Å². The number of nitrogens with zero attached hydrogens (tertiary/aromatic N) is 2. The van der Waals surface area contributed by atoms with Gasteiger partial charge in [0.2, 0.25) is 5.91 Å². The minimum Gasteiger partial charge on any atom is -0.374 e. The van der Waals surface area contributed by atoms with E-state index in [0.29, 0.717) is 12.3 Å². The van der Waals surface area contributed by atoms with Crippen LogP contribution >= 0.6 is 0 Å². The predicted molar refractivity (Wildman–Crippen MR) is 86.4 cm³/mol. The zero-order valence-electron chi connectivity index (χ0n) is 13.0. The van der Waals surface area contributed by atoms with E-state index in [-0.39, 0.29) is 0 Å². The van der Waals surface area contributed by atoms with Gasteiger partial charge >= 0.3 is 0 Å². The summed E-state index contributed by atoms with van der Waals surface area (Å²) in [6, 6.07) is 10.3. The van der Waals surface area contributed by atoms with Crippen molar-refractivity contribution < 1.29 is 4.79 Å². The number of rotatable bonds is 5. The van der Waals surface area contributed by atoms with Crippen LogP contribution in [-0.2, 0) is 4.79 Å². The van der Waals surface area contributed by atoms with Crippen molar-refractivity contribution in [2.24, 2.45) is 11.8 Å². The SMILES string of the molecule is CN(CCC(=O)N1CCCC(C2CC2)C1)c1ccccc1. The summed E-state index contributed by atoms with van der Waals surface area (Å²) >= 11 is 0. The molecule has 0 bridgehead atoms. The molecule has 3 heteroatoms. The summed E-state index contributed by atoms with van der Waals surface area (Å²) in [4.78, 5) is 16.7. The van der Waals surface area contributed by atoms with Crippen LogP contribution in [0, 0.1) is 11.8 Å². The summed E-state index contributed by atoms with van der Waals surface area (Å²) < 4.78 is 0. The van der Waals surface area contributed by atoms with Gasteiger partial charge in [-0.2, -0.15) is 0 Å². The van der Waals surface area contributed by atoms with Crippen LogP contribution in [0.1, 0.15) is 32.1 Å². The van der Waals surface area contributed by atoms with E-state index in [0.717, 1.165) is 31.5 Å². The summed E-state index contributed by atoms with van der Waals surface area (Å²) in [5.41, 5.74) is 1.18. The number of anilines is 1. The highest BCUT2D eigenvalue weighted by atomic mass is 16.2. The third-order valence-electron chi connectivity index (χ3n) is 4.96. The Bertz CT molecular complexity index is 469. The van der Waals surface area contributed by atoms with Crippen LogP contribution in [0.3, 0.4) is 0 Å². The predicted octanol–water partition coefficient (Wildman–Crippen LogP) is 3.16. The van der Waals surface area contributed by atoms with Crippen LogP contribution in [0.2, 0.25) is 0 Å². The maximum absolute atomic E-state index is 12.4. The Morgan fingerprint density at radius 3 is 2.67 bits per heavy atom. The average Bonchev–Trinajstić information content (AvgIpc) is 3.38. The number of likely N-dealkylation sites (tertiary alicyclic amines) is 1. The molecule has 0 spiro atoms. The molecule has 21 heavy (non-hydrogen) atoms. The molecule has 0 radical (unpaired) electrons. The van der Waals surface area contributed by atoms with E-state index in [1.54, 1.807) is 0 Å². The third-order valence-corrected chi connectivity index (χ3v) is 4.96. The first-order chi connectivity index (χ1) is 10.2. The molecular formula is C18H26N2O. The molecule has 1 saturated carbocycles. The van der Waals surface area contributed by atoms with Crippen molar-refractivity contribution in [2.45, 2.75) is 32.1 Å². The largest absolute Gasteiger partial charge is 0.374 e. The maximum atomic E-state index is 12.4. The van der Waals surface area contributed by atoms with Gasteiger partial charge in [-0.1, -0.05) is 18.2 Å². The van der Waals surface area contributed by atoms with Gasteiger partial charge in [0.15, 0.2) is 0 Å². The average molecular weight is 286 g/mol. The van der Waals surface area contributed by atoms with E-state index < -0.39 is 0 Å². The smallest absolute Gasteiger partial charge is 0.224 e. The van der Waals surface area contributed by atoms with Crippen molar-refractivity contribution >= 4 is 11.6 Å². The van der Waals surface area contributed by atoms with Crippen molar-refractivity contribution in [3.8, 4) is 0 Å². The Labute approximate surface area is 127 Å². The summed E-state index contributed by atoms with van der Waals surface area (Å²) in [6.45, 7) is 2.78. The number of amides is 1. The second kappa shape index (κ2) is 6.50. The lowest BCUT2D eigenvalue weighted by atomic mass is 9.93. The van der Waals surface area contributed by atoms with Gasteiger partial charge in [-0.05, 0) is 49.7 Å². The van der Waals surface area contributed by atoms with Crippen LogP contribution in [0.25, 0.3) is 0 Å². The lowest BCUT2D eigenvalue weighted by Crippen LogP contribution is -2.41. The van der Waals surface area contributed by atoms with Gasteiger partial charge in [-0.15, -0.1) is 0 Å². The Kier molecular flexibility index (Phi) is 4.47. The molecule has 0 N–H and O–H groups in total. The van der Waals surface area contributed by atoms with Gasteiger partial charge in [-0.3, -0.25) is 4.79 Å². The van der Waals surface area contributed by atoms with Crippen molar-refractivity contribution in [1.29, 1.82) is 0 Å². The third kappa shape index (κ3) is 3.78. The van der Waals surface area contributed by atoms with Crippen molar-refractivity contribution in [3.63, 3.8) is 0 Å². The maximum Gasteiger partial charge on any atom is 0.224 e. The topological polar surface area (TPSA) is 23.6 Å². The van der Waals surface area contributed by atoms with E-state index in [1.165, 1.54) is 31.4 Å². The number of carbonyl (C=O) groups is 1. The van der Waals surface area contributed by atoms with Crippen molar-refractivity contribution in [3.05, 3.63) is 30.3 Å². The fourth-order valence-corrected chi connectivity index (χ4v) is 3.42. The molecule has 114 valence electrons. The number of hydrogen-bond donors (Lipinski definition) is 0. The molecule has 0 aromatic heterocycles. The second-order valence-electron chi connectivity index (χ2n) is 6.59. The molecule has 3 rings (SSSR count). The Morgan fingerprint density at radius 2 is 1.95 bits per heavy atom. The number of hydrogen-bond acceptors (Lipinski definition) is 2. The highest BCUT2D eigenvalue weighted by molar-refractivity contribution is 5.77. The van der Waals surface area contributed by atoms with Gasteiger partial charge in [0.25, 0.3) is 0 Å². The van der Waals surface area contributed by atoms with E-state index in [9.17, 15) is 4.79 Å². The highest BCUT2D eigenvalue weighted by Gasteiger charge is 2.35. The first kappa shape index (κ1) is 14.4. The zero-order valence-corrected chi connectivity index (χ0v) is 13.0. The normalized spacial score (nSPS) is 22.1. The van der Waals surface area contributed by atoms with Gasteiger partial charge in [0, 0.05) is 38.8 Å². The van der Waals surface area contributed by atoms with E-state index in [2.05, 4.69) is 29.0 Å². The molecule has 1 amide bonds. The summed E-state index contributed by atoms with van der Waals surface area (Å²) in [7, 11) is 2.06. The van der Waals surface area contributed by atoms with E-state index >= 15 is 0 Å². The molecule has 2 fully saturated rings. The molecule has 3 nitrogen and oxygen atoms in total. The molecule has 1 heterocycles. The molecule has 1 aromatic rings. The molecule has 1 aliphatic heterocycles. The first-order valence-corrected chi connectivity index (χ1v) is 8.28. The van der Waals surface area contributed by atoms with Crippen LogP contribution < -0.4 is 4.90 Å². The minimum atomic E-state index is 0.336. The Balaban J connectivity index is 1.47. The van der Waals surface area contributed by atoms with Crippen LogP contribution in [-0.4, -0.2) is 37.5 Å². The van der Waals surface area contributed by atoms with Gasteiger partial charge in [-0.25, -0.2) is 0 Å². The molecule has 1 atom stereocenters. The van der Waals surface area contributed by atoms with Crippen LogP contribution in [0.15, 0.2) is 30.3 Å². The fourth-order valence-electron chi connectivity index (χ4n) is 3.42. The monoisotopic (exact) mass is 286 g/mol. The number of piperidine rings is 1. The Morgan fingerprint density at radius 1 is 1.19 bits per heavy atom. The first-order valence-electron chi connectivity index (χ1n) is 8.28. The molecular weight excluding hydrogens is 260 g/mol. The summed E-state index contributed by atoms with van der Waals surface area (Å²) in [6.07, 6.45) is 5.94. The lowest BCUT2D eigenvalue weighted by molar-refractivity contribution is -0.132. The summed E-state index contributed by atoms with van der Waals surface area (Å²) in [5.74, 6) is 2.05. The number of para-hydroxylation sites is 1. The number of benzene rings is 1. The van der Waals surface area contributed by atoms with Gasteiger partial charge in [0.1, 0.15) is 0 Å². The van der Waals surface area contributed by atoms with Gasteiger partial charge < -0.3 is 9.80 Å². The van der Waals surface area contributed by atoms with E-state index in [1.807, 2.05) is 18.2 Å². The molecule has 2 aliphatic rings. The molecule has 1 unspecified atom stereocenters. The minimum absolute atomic E-state index is 0.336. The quantitative estimate of drug-likeness (QED) is 0.830. The molecule has 1 aliphatic carbocycles.